The van der Waals surface area contributed by atoms with Gasteiger partial charge in [-0.05, 0) is 31.7 Å². The highest BCUT2D eigenvalue weighted by atomic mass is 16.4. The summed E-state index contributed by atoms with van der Waals surface area (Å²) in [6.45, 7) is 8.39. The Bertz CT molecular complexity index is 438. The fourth-order valence-electron chi connectivity index (χ4n) is 2.92. The number of rotatable bonds is 10. The van der Waals surface area contributed by atoms with E-state index < -0.39 is 11.4 Å². The molecule has 0 spiro atoms. The molecule has 0 amide bonds. The average molecular weight is 294 g/mol. The molecule has 0 aliphatic carbocycles. The van der Waals surface area contributed by atoms with Gasteiger partial charge in [0.05, 0.1) is 17.2 Å². The predicted octanol–water partition coefficient (Wildman–Crippen LogP) is 4.46. The zero-order chi connectivity index (χ0) is 15.9. The lowest BCUT2D eigenvalue weighted by atomic mass is 9.76. The third-order valence-corrected chi connectivity index (χ3v) is 4.64. The fraction of sp³-hybridized carbons (Fsp3) is 0.765. The number of hydrogen-bond acceptors (Lipinski definition) is 2. The molecule has 0 aliphatic rings. The molecule has 0 saturated heterocycles. The van der Waals surface area contributed by atoms with Gasteiger partial charge in [-0.2, -0.15) is 5.10 Å². The van der Waals surface area contributed by atoms with E-state index in [4.69, 9.17) is 0 Å². The maximum atomic E-state index is 11.8. The van der Waals surface area contributed by atoms with Crippen molar-refractivity contribution in [3.63, 3.8) is 0 Å². The summed E-state index contributed by atoms with van der Waals surface area (Å²) in [6, 6.07) is 2.40. The Balaban J connectivity index is 2.91. The first-order valence-corrected chi connectivity index (χ1v) is 8.30. The molecule has 120 valence electrons. The maximum Gasteiger partial charge on any atom is 0.310 e. The molecule has 1 rings (SSSR count). The van der Waals surface area contributed by atoms with Crippen LogP contribution in [0.15, 0.2) is 12.3 Å². The van der Waals surface area contributed by atoms with Gasteiger partial charge in [-0.25, -0.2) is 0 Å². The summed E-state index contributed by atoms with van der Waals surface area (Å²) in [7, 11) is 0. The van der Waals surface area contributed by atoms with Gasteiger partial charge in [-0.1, -0.05) is 40.5 Å². The average Bonchev–Trinajstić information content (AvgIpc) is 2.93. The minimum atomic E-state index is -0.685. The quantitative estimate of drug-likeness (QED) is 0.693. The van der Waals surface area contributed by atoms with Gasteiger partial charge >= 0.3 is 5.97 Å². The van der Waals surface area contributed by atoms with E-state index >= 15 is 0 Å². The molecule has 1 unspecified atom stereocenters. The molecule has 4 heteroatoms. The molecule has 21 heavy (non-hydrogen) atoms. The van der Waals surface area contributed by atoms with Crippen molar-refractivity contribution in [2.24, 2.45) is 5.41 Å². The lowest BCUT2D eigenvalue weighted by Gasteiger charge is -2.27. The SMILES string of the molecule is CCCCC(CC)(Cc1ccn(C(CC)CC)n1)C(=O)O. The Labute approximate surface area is 128 Å². The Morgan fingerprint density at radius 3 is 2.48 bits per heavy atom. The zero-order valence-corrected chi connectivity index (χ0v) is 13.9. The van der Waals surface area contributed by atoms with Crippen molar-refractivity contribution in [2.75, 3.05) is 0 Å². The van der Waals surface area contributed by atoms with E-state index in [0.29, 0.717) is 18.9 Å². The van der Waals surface area contributed by atoms with Crippen LogP contribution in [0.2, 0.25) is 0 Å². The summed E-state index contributed by atoms with van der Waals surface area (Å²) < 4.78 is 2.00. The molecule has 0 bridgehead atoms. The summed E-state index contributed by atoms with van der Waals surface area (Å²) >= 11 is 0. The number of carbonyl (C=O) groups is 1. The van der Waals surface area contributed by atoms with Gasteiger partial charge in [-0.3, -0.25) is 9.48 Å². The Kier molecular flexibility index (Phi) is 6.93. The molecule has 1 aromatic rings. The second kappa shape index (κ2) is 8.20. The first-order chi connectivity index (χ1) is 10.0. The zero-order valence-electron chi connectivity index (χ0n) is 13.9. The van der Waals surface area contributed by atoms with Crippen LogP contribution >= 0.6 is 0 Å². The lowest BCUT2D eigenvalue weighted by Crippen LogP contribution is -2.33. The second-order valence-electron chi connectivity index (χ2n) is 5.98. The Morgan fingerprint density at radius 1 is 1.33 bits per heavy atom. The van der Waals surface area contributed by atoms with Crippen LogP contribution in [0.25, 0.3) is 0 Å². The van der Waals surface area contributed by atoms with E-state index in [1.165, 1.54) is 0 Å². The van der Waals surface area contributed by atoms with Crippen LogP contribution < -0.4 is 0 Å². The number of carboxylic acid groups (broad SMARTS) is 1. The highest BCUT2D eigenvalue weighted by molar-refractivity contribution is 5.74. The molecule has 1 atom stereocenters. The van der Waals surface area contributed by atoms with E-state index in [2.05, 4.69) is 25.9 Å². The smallest absolute Gasteiger partial charge is 0.310 e. The number of carboxylic acids is 1. The van der Waals surface area contributed by atoms with E-state index in [0.717, 1.165) is 37.8 Å². The number of aliphatic carboxylic acids is 1. The number of aromatic nitrogens is 2. The van der Waals surface area contributed by atoms with Crippen LogP contribution in [-0.2, 0) is 11.2 Å². The highest BCUT2D eigenvalue weighted by Crippen LogP contribution is 2.33. The monoisotopic (exact) mass is 294 g/mol. The van der Waals surface area contributed by atoms with Gasteiger partial charge in [-0.15, -0.1) is 0 Å². The normalized spacial score (nSPS) is 14.3. The van der Waals surface area contributed by atoms with Gasteiger partial charge in [0.15, 0.2) is 0 Å². The first-order valence-electron chi connectivity index (χ1n) is 8.30. The molecule has 1 N–H and O–H groups in total. The van der Waals surface area contributed by atoms with E-state index in [-0.39, 0.29) is 0 Å². The second-order valence-corrected chi connectivity index (χ2v) is 5.98. The van der Waals surface area contributed by atoms with Crippen LogP contribution in [0.4, 0.5) is 0 Å². The molecule has 0 aromatic carbocycles. The first kappa shape index (κ1) is 17.7. The highest BCUT2D eigenvalue weighted by Gasteiger charge is 2.36. The van der Waals surface area contributed by atoms with Crippen LogP contribution in [-0.4, -0.2) is 20.9 Å². The minimum absolute atomic E-state index is 0.412. The summed E-state index contributed by atoms with van der Waals surface area (Å²) in [6.07, 6.45) is 7.98. The fourth-order valence-corrected chi connectivity index (χ4v) is 2.92. The van der Waals surface area contributed by atoms with Gasteiger partial charge in [0.25, 0.3) is 0 Å². The van der Waals surface area contributed by atoms with Crippen molar-refractivity contribution >= 4 is 5.97 Å². The van der Waals surface area contributed by atoms with Gasteiger partial charge in [0, 0.05) is 12.6 Å². The third-order valence-electron chi connectivity index (χ3n) is 4.64. The van der Waals surface area contributed by atoms with E-state index in [9.17, 15) is 9.90 Å². The molecule has 0 aliphatic heterocycles. The van der Waals surface area contributed by atoms with Crippen molar-refractivity contribution in [3.05, 3.63) is 18.0 Å². The maximum absolute atomic E-state index is 11.8. The van der Waals surface area contributed by atoms with Crippen molar-refractivity contribution in [1.29, 1.82) is 0 Å². The predicted molar refractivity (Wildman–Crippen MR) is 85.4 cm³/mol. The minimum Gasteiger partial charge on any atom is -0.481 e. The molecule has 0 saturated carbocycles. The van der Waals surface area contributed by atoms with E-state index in [1.54, 1.807) is 0 Å². The van der Waals surface area contributed by atoms with Gasteiger partial charge in [0.2, 0.25) is 0 Å². The molecular weight excluding hydrogens is 264 g/mol. The lowest BCUT2D eigenvalue weighted by molar-refractivity contribution is -0.149. The molecule has 4 nitrogen and oxygen atoms in total. The largest absolute Gasteiger partial charge is 0.481 e. The van der Waals surface area contributed by atoms with Crippen LogP contribution in [0.5, 0.6) is 0 Å². The van der Waals surface area contributed by atoms with Crippen molar-refractivity contribution in [3.8, 4) is 0 Å². The molecule has 0 fully saturated rings. The van der Waals surface area contributed by atoms with Crippen molar-refractivity contribution in [2.45, 2.75) is 78.7 Å². The number of hydrogen-bond donors (Lipinski definition) is 1. The standard InChI is InChI=1S/C17H30N2O2/c1-5-9-11-17(8-4,16(20)21)13-14-10-12-19(18-14)15(6-2)7-3/h10,12,15H,5-9,11,13H2,1-4H3,(H,20,21). The molecular formula is C17H30N2O2. The summed E-state index contributed by atoms with van der Waals surface area (Å²) in [5, 5.41) is 14.3. The summed E-state index contributed by atoms with van der Waals surface area (Å²) in [4.78, 5) is 11.8. The van der Waals surface area contributed by atoms with E-state index in [1.807, 2.05) is 23.9 Å². The molecule has 1 aromatic heterocycles. The van der Waals surface area contributed by atoms with Crippen molar-refractivity contribution < 1.29 is 9.90 Å². The molecule has 1 heterocycles. The van der Waals surface area contributed by atoms with Gasteiger partial charge < -0.3 is 5.11 Å². The number of unbranched alkanes of at least 4 members (excludes halogenated alkanes) is 1. The Morgan fingerprint density at radius 2 is 2.00 bits per heavy atom. The third kappa shape index (κ3) is 4.32. The van der Waals surface area contributed by atoms with Crippen LogP contribution in [0.3, 0.4) is 0 Å². The van der Waals surface area contributed by atoms with Crippen LogP contribution in [0.1, 0.15) is 78.0 Å². The van der Waals surface area contributed by atoms with Crippen LogP contribution in [0, 0.1) is 5.41 Å². The number of nitrogens with zero attached hydrogens (tertiary/aromatic N) is 2. The Hall–Kier alpha value is -1.32. The topological polar surface area (TPSA) is 55.1 Å². The summed E-state index contributed by atoms with van der Waals surface area (Å²) in [5.41, 5.74) is 0.241. The van der Waals surface area contributed by atoms with Gasteiger partial charge in [0.1, 0.15) is 0 Å². The summed E-state index contributed by atoms with van der Waals surface area (Å²) in [5.74, 6) is -0.685. The molecule has 0 radical (unpaired) electrons. The van der Waals surface area contributed by atoms with Crippen molar-refractivity contribution in [1.82, 2.24) is 9.78 Å².